The van der Waals surface area contributed by atoms with E-state index in [1.807, 2.05) is 6.92 Å². The Morgan fingerprint density at radius 1 is 1.47 bits per heavy atom. The number of nitrogens with zero attached hydrogens (tertiary/aromatic N) is 1. The van der Waals surface area contributed by atoms with Crippen molar-refractivity contribution in [1.82, 2.24) is 4.90 Å². The van der Waals surface area contributed by atoms with Gasteiger partial charge in [0.2, 0.25) is 0 Å². The van der Waals surface area contributed by atoms with Crippen LogP contribution < -0.4 is 0 Å². The highest BCUT2D eigenvalue weighted by molar-refractivity contribution is 5.81. The molecule has 0 radical (unpaired) electrons. The zero-order valence-electron chi connectivity index (χ0n) is 10.9. The molecule has 1 amide bonds. The van der Waals surface area contributed by atoms with Crippen LogP contribution in [-0.2, 0) is 19.1 Å². The van der Waals surface area contributed by atoms with Crippen LogP contribution in [0.5, 0.6) is 0 Å². The number of likely N-dealkylation sites (N-methyl/N-ethyl adjacent to an activating group) is 1. The first-order valence-electron chi connectivity index (χ1n) is 5.94. The molecule has 1 saturated heterocycles. The van der Waals surface area contributed by atoms with Gasteiger partial charge in [-0.15, -0.1) is 0 Å². The van der Waals surface area contributed by atoms with Crippen LogP contribution in [0.3, 0.4) is 0 Å². The van der Waals surface area contributed by atoms with E-state index in [0.29, 0.717) is 6.54 Å². The van der Waals surface area contributed by atoms with Crippen molar-refractivity contribution in [3.63, 3.8) is 0 Å². The van der Waals surface area contributed by atoms with E-state index in [2.05, 4.69) is 4.74 Å². The van der Waals surface area contributed by atoms with Gasteiger partial charge in [0, 0.05) is 13.6 Å². The molecule has 0 aromatic heterocycles. The monoisotopic (exact) mass is 243 g/mol. The molecule has 1 heterocycles. The predicted octanol–water partition coefficient (Wildman–Crippen LogP) is 0.821. The number of methoxy groups -OCH3 is 1. The third-order valence-electron chi connectivity index (χ3n) is 3.03. The number of hydrogen-bond acceptors (Lipinski definition) is 4. The maximum Gasteiger partial charge on any atom is 0.310 e. The van der Waals surface area contributed by atoms with Crippen LogP contribution in [0.1, 0.15) is 26.7 Å². The molecule has 3 atom stereocenters. The number of amides is 1. The van der Waals surface area contributed by atoms with Gasteiger partial charge in [-0.3, -0.25) is 9.59 Å². The fourth-order valence-corrected chi connectivity index (χ4v) is 2.01. The van der Waals surface area contributed by atoms with Gasteiger partial charge in [0.25, 0.3) is 5.91 Å². The van der Waals surface area contributed by atoms with E-state index in [1.54, 1.807) is 18.9 Å². The molecule has 1 aliphatic rings. The van der Waals surface area contributed by atoms with Crippen LogP contribution in [0.15, 0.2) is 0 Å². The molecule has 5 nitrogen and oxygen atoms in total. The van der Waals surface area contributed by atoms with Gasteiger partial charge in [-0.05, 0) is 19.8 Å². The van der Waals surface area contributed by atoms with Crippen LogP contribution in [0.25, 0.3) is 0 Å². The predicted molar refractivity (Wildman–Crippen MR) is 62.4 cm³/mol. The van der Waals surface area contributed by atoms with E-state index in [4.69, 9.17) is 4.74 Å². The highest BCUT2D eigenvalue weighted by atomic mass is 16.5. The lowest BCUT2D eigenvalue weighted by molar-refractivity contribution is -0.148. The summed E-state index contributed by atoms with van der Waals surface area (Å²) in [7, 11) is 3.04. The van der Waals surface area contributed by atoms with Crippen LogP contribution in [0.4, 0.5) is 0 Å². The molecule has 0 saturated carbocycles. The first kappa shape index (κ1) is 14.0. The first-order chi connectivity index (χ1) is 7.95. The van der Waals surface area contributed by atoms with Crippen molar-refractivity contribution in [1.29, 1.82) is 0 Å². The van der Waals surface area contributed by atoms with Crippen LogP contribution >= 0.6 is 0 Å². The second kappa shape index (κ2) is 6.00. The Bertz CT molecular complexity index is 292. The van der Waals surface area contributed by atoms with E-state index in [9.17, 15) is 9.59 Å². The molecular formula is C12H21NO4. The van der Waals surface area contributed by atoms with E-state index in [1.165, 1.54) is 7.11 Å². The molecule has 0 aliphatic carbocycles. The standard InChI is InChI=1S/C12H21NO4/c1-8(12(15)16-4)7-13(3)11(14)10-6-5-9(2)17-10/h8-10H,5-7H2,1-4H3. The first-order valence-corrected chi connectivity index (χ1v) is 5.94. The van der Waals surface area contributed by atoms with Gasteiger partial charge < -0.3 is 14.4 Å². The minimum absolute atomic E-state index is 0.0508. The average molecular weight is 243 g/mol. The third-order valence-corrected chi connectivity index (χ3v) is 3.03. The summed E-state index contributed by atoms with van der Waals surface area (Å²) < 4.78 is 10.1. The lowest BCUT2D eigenvalue weighted by Crippen LogP contribution is -2.40. The average Bonchev–Trinajstić information content (AvgIpc) is 2.73. The van der Waals surface area contributed by atoms with Gasteiger partial charge in [0.05, 0.1) is 19.1 Å². The SMILES string of the molecule is COC(=O)C(C)CN(C)C(=O)C1CCC(C)O1. The van der Waals surface area contributed by atoms with Crippen molar-refractivity contribution in [2.24, 2.45) is 5.92 Å². The maximum absolute atomic E-state index is 12.0. The second-order valence-electron chi connectivity index (χ2n) is 4.66. The third kappa shape index (κ3) is 3.70. The van der Waals surface area contributed by atoms with Crippen molar-refractivity contribution in [2.45, 2.75) is 38.9 Å². The largest absolute Gasteiger partial charge is 0.469 e. The van der Waals surface area contributed by atoms with Gasteiger partial charge in [-0.25, -0.2) is 0 Å². The van der Waals surface area contributed by atoms with Gasteiger partial charge >= 0.3 is 5.97 Å². The number of ether oxygens (including phenoxy) is 2. The fraction of sp³-hybridized carbons (Fsp3) is 0.833. The van der Waals surface area contributed by atoms with Gasteiger partial charge in [-0.1, -0.05) is 6.92 Å². The van der Waals surface area contributed by atoms with Crippen molar-refractivity contribution in [3.8, 4) is 0 Å². The molecule has 0 N–H and O–H groups in total. The summed E-state index contributed by atoms with van der Waals surface area (Å²) in [6.45, 7) is 4.07. The Morgan fingerprint density at radius 2 is 2.12 bits per heavy atom. The number of carbonyl (C=O) groups is 2. The molecule has 3 unspecified atom stereocenters. The van der Waals surface area contributed by atoms with Crippen molar-refractivity contribution < 1.29 is 19.1 Å². The zero-order valence-corrected chi connectivity index (χ0v) is 10.9. The fourth-order valence-electron chi connectivity index (χ4n) is 2.01. The summed E-state index contributed by atoms with van der Waals surface area (Å²) >= 11 is 0. The summed E-state index contributed by atoms with van der Waals surface area (Å²) in [5, 5.41) is 0. The van der Waals surface area contributed by atoms with E-state index < -0.39 is 0 Å². The van der Waals surface area contributed by atoms with Crippen molar-refractivity contribution >= 4 is 11.9 Å². The molecule has 1 aliphatic heterocycles. The smallest absolute Gasteiger partial charge is 0.310 e. The molecule has 0 aromatic rings. The van der Waals surface area contributed by atoms with Gasteiger partial charge in [-0.2, -0.15) is 0 Å². The van der Waals surface area contributed by atoms with Crippen LogP contribution in [0, 0.1) is 5.92 Å². The summed E-state index contributed by atoms with van der Waals surface area (Å²) in [5.74, 6) is -0.664. The molecule has 98 valence electrons. The Balaban J connectivity index is 2.44. The molecule has 5 heteroatoms. The Hall–Kier alpha value is -1.10. The molecule has 0 bridgehead atoms. The van der Waals surface area contributed by atoms with Crippen LogP contribution in [0.2, 0.25) is 0 Å². The Labute approximate surface area is 102 Å². The molecule has 17 heavy (non-hydrogen) atoms. The Kier molecular flexibility index (Phi) is 4.93. The summed E-state index contributed by atoms with van der Waals surface area (Å²) in [6.07, 6.45) is 1.48. The van der Waals surface area contributed by atoms with Crippen molar-refractivity contribution in [2.75, 3.05) is 20.7 Å². The summed E-state index contributed by atoms with van der Waals surface area (Å²) in [5.41, 5.74) is 0. The number of carbonyl (C=O) groups excluding carboxylic acids is 2. The number of esters is 1. The van der Waals surface area contributed by atoms with Crippen LogP contribution in [-0.4, -0.2) is 49.7 Å². The zero-order chi connectivity index (χ0) is 13.0. The topological polar surface area (TPSA) is 55.8 Å². The van der Waals surface area contributed by atoms with E-state index >= 15 is 0 Å². The van der Waals surface area contributed by atoms with Gasteiger partial charge in [0.15, 0.2) is 0 Å². The lowest BCUT2D eigenvalue weighted by Gasteiger charge is -2.23. The number of rotatable bonds is 4. The summed E-state index contributed by atoms with van der Waals surface area (Å²) in [4.78, 5) is 24.8. The molecule has 1 rings (SSSR count). The Morgan fingerprint density at radius 3 is 2.59 bits per heavy atom. The minimum Gasteiger partial charge on any atom is -0.469 e. The van der Waals surface area contributed by atoms with Gasteiger partial charge in [0.1, 0.15) is 6.10 Å². The summed E-state index contributed by atoms with van der Waals surface area (Å²) in [6, 6.07) is 0. The molecular weight excluding hydrogens is 222 g/mol. The molecule has 0 aromatic carbocycles. The molecule has 0 spiro atoms. The normalized spacial score (nSPS) is 25.4. The molecule has 1 fully saturated rings. The number of hydrogen-bond donors (Lipinski definition) is 0. The van der Waals surface area contributed by atoms with Crippen molar-refractivity contribution in [3.05, 3.63) is 0 Å². The quantitative estimate of drug-likeness (QED) is 0.686. The lowest BCUT2D eigenvalue weighted by atomic mass is 10.1. The second-order valence-corrected chi connectivity index (χ2v) is 4.66. The highest BCUT2D eigenvalue weighted by Gasteiger charge is 2.31. The van der Waals surface area contributed by atoms with E-state index in [0.717, 1.165) is 12.8 Å². The minimum atomic E-state index is -0.347. The highest BCUT2D eigenvalue weighted by Crippen LogP contribution is 2.20. The van der Waals surface area contributed by atoms with E-state index in [-0.39, 0.29) is 30.0 Å². The maximum atomic E-state index is 12.0.